The summed E-state index contributed by atoms with van der Waals surface area (Å²) in [4.78, 5) is 0. The Bertz CT molecular complexity index is 403. The Morgan fingerprint density at radius 3 is 2.71 bits per heavy atom. The highest BCUT2D eigenvalue weighted by atomic mass is 19.3. The third-order valence-corrected chi connectivity index (χ3v) is 3.05. The number of nitrogens with one attached hydrogen (secondary N) is 1. The minimum atomic E-state index is -2.66. The molecule has 1 atom stereocenters. The zero-order valence-electron chi connectivity index (χ0n) is 9.47. The highest BCUT2D eigenvalue weighted by molar-refractivity contribution is 5.42. The van der Waals surface area contributed by atoms with E-state index in [0.717, 1.165) is 19.0 Å². The molecule has 2 nitrogen and oxygen atoms in total. The van der Waals surface area contributed by atoms with Crippen molar-refractivity contribution < 1.29 is 17.9 Å². The van der Waals surface area contributed by atoms with Crippen LogP contribution in [-0.2, 0) is 0 Å². The van der Waals surface area contributed by atoms with E-state index in [1.165, 1.54) is 13.2 Å². The summed E-state index contributed by atoms with van der Waals surface area (Å²) in [6.07, 6.45) is -1.86. The van der Waals surface area contributed by atoms with Crippen LogP contribution in [0.2, 0.25) is 0 Å². The van der Waals surface area contributed by atoms with Gasteiger partial charge in [0.1, 0.15) is 0 Å². The molecule has 17 heavy (non-hydrogen) atoms. The monoisotopic (exact) mass is 245 g/mol. The zero-order valence-corrected chi connectivity index (χ0v) is 9.47. The van der Waals surface area contributed by atoms with Crippen LogP contribution in [-0.4, -0.2) is 20.2 Å². The van der Waals surface area contributed by atoms with Gasteiger partial charge in [0.05, 0.1) is 7.11 Å². The van der Waals surface area contributed by atoms with E-state index >= 15 is 0 Å². The Labute approximate surface area is 97.8 Å². The molecule has 0 saturated carbocycles. The number of hydrogen-bond acceptors (Lipinski definition) is 2. The first-order valence-electron chi connectivity index (χ1n) is 5.49. The summed E-state index contributed by atoms with van der Waals surface area (Å²) in [5.74, 6) is -0.589. The molecule has 0 amide bonds. The van der Waals surface area contributed by atoms with Gasteiger partial charge in [-0.1, -0.05) is 0 Å². The molecule has 1 fully saturated rings. The second-order valence-electron chi connectivity index (χ2n) is 4.12. The molecular weight excluding hydrogens is 231 g/mol. The molecule has 1 N–H and O–H groups in total. The normalized spacial score (nSPS) is 19.9. The molecule has 2 rings (SSSR count). The van der Waals surface area contributed by atoms with Crippen LogP contribution in [0.3, 0.4) is 0 Å². The topological polar surface area (TPSA) is 21.3 Å². The third kappa shape index (κ3) is 2.39. The summed E-state index contributed by atoms with van der Waals surface area (Å²) in [7, 11) is 1.35. The first-order valence-corrected chi connectivity index (χ1v) is 5.49. The standard InChI is InChI=1S/C12H14F3NO/c1-17-11-9(7-2-3-16-6-7)4-8(12(14)15)5-10(11)13/h4-5,7,12,16H,2-3,6H2,1H3. The fourth-order valence-electron chi connectivity index (χ4n) is 2.20. The molecular formula is C12H14F3NO. The van der Waals surface area contributed by atoms with Gasteiger partial charge in [0.15, 0.2) is 11.6 Å². The lowest BCUT2D eigenvalue weighted by atomic mass is 9.95. The van der Waals surface area contributed by atoms with E-state index in [1.54, 1.807) is 0 Å². The number of hydrogen-bond donors (Lipinski definition) is 1. The van der Waals surface area contributed by atoms with Gasteiger partial charge in [0.25, 0.3) is 6.43 Å². The first kappa shape index (κ1) is 12.2. The van der Waals surface area contributed by atoms with Crippen molar-refractivity contribution in [2.45, 2.75) is 18.8 Å². The molecule has 1 aromatic rings. The van der Waals surface area contributed by atoms with Crippen molar-refractivity contribution in [3.63, 3.8) is 0 Å². The molecule has 1 aromatic carbocycles. The van der Waals surface area contributed by atoms with Crippen LogP contribution in [0.4, 0.5) is 13.2 Å². The number of alkyl halides is 2. The number of ether oxygens (including phenoxy) is 1. The van der Waals surface area contributed by atoms with Gasteiger partial charge in [0.2, 0.25) is 0 Å². The molecule has 94 valence electrons. The van der Waals surface area contributed by atoms with Crippen LogP contribution in [0.25, 0.3) is 0 Å². The first-order chi connectivity index (χ1) is 8.13. The van der Waals surface area contributed by atoms with E-state index in [0.29, 0.717) is 12.1 Å². The molecule has 0 spiro atoms. The molecule has 1 aliphatic rings. The largest absolute Gasteiger partial charge is 0.493 e. The maximum absolute atomic E-state index is 13.6. The van der Waals surface area contributed by atoms with Crippen molar-refractivity contribution in [2.24, 2.45) is 0 Å². The van der Waals surface area contributed by atoms with Crippen molar-refractivity contribution in [2.75, 3.05) is 20.2 Å². The second kappa shape index (κ2) is 4.96. The predicted molar refractivity (Wildman–Crippen MR) is 58.1 cm³/mol. The molecule has 5 heteroatoms. The fourth-order valence-corrected chi connectivity index (χ4v) is 2.20. The molecule has 0 aliphatic carbocycles. The number of halogens is 3. The van der Waals surface area contributed by atoms with E-state index in [4.69, 9.17) is 4.74 Å². The lowest BCUT2D eigenvalue weighted by Crippen LogP contribution is -2.10. The maximum Gasteiger partial charge on any atom is 0.263 e. The van der Waals surface area contributed by atoms with E-state index in [2.05, 4.69) is 5.32 Å². The summed E-state index contributed by atoms with van der Waals surface area (Å²) < 4.78 is 43.9. The Balaban J connectivity index is 2.45. The molecule has 0 radical (unpaired) electrons. The van der Waals surface area contributed by atoms with Gasteiger partial charge in [-0.25, -0.2) is 13.2 Å². The van der Waals surface area contributed by atoms with Crippen LogP contribution < -0.4 is 10.1 Å². The van der Waals surface area contributed by atoms with Crippen LogP contribution in [0, 0.1) is 5.82 Å². The molecule has 1 saturated heterocycles. The van der Waals surface area contributed by atoms with Crippen molar-refractivity contribution in [3.8, 4) is 5.75 Å². The van der Waals surface area contributed by atoms with Gasteiger partial charge in [0, 0.05) is 23.6 Å². The highest BCUT2D eigenvalue weighted by Gasteiger charge is 2.24. The lowest BCUT2D eigenvalue weighted by molar-refractivity contribution is 0.150. The van der Waals surface area contributed by atoms with Crippen molar-refractivity contribution in [1.82, 2.24) is 5.32 Å². The van der Waals surface area contributed by atoms with Crippen molar-refractivity contribution >= 4 is 0 Å². The van der Waals surface area contributed by atoms with Crippen LogP contribution in [0.1, 0.15) is 29.9 Å². The lowest BCUT2D eigenvalue weighted by Gasteiger charge is -2.16. The molecule has 1 unspecified atom stereocenters. The average molecular weight is 245 g/mol. The van der Waals surface area contributed by atoms with Gasteiger partial charge in [-0.15, -0.1) is 0 Å². The van der Waals surface area contributed by atoms with Gasteiger partial charge in [-0.05, 0) is 25.1 Å². The van der Waals surface area contributed by atoms with Crippen molar-refractivity contribution in [1.29, 1.82) is 0 Å². The summed E-state index contributed by atoms with van der Waals surface area (Å²) in [6.45, 7) is 1.48. The quantitative estimate of drug-likeness (QED) is 0.884. The fraction of sp³-hybridized carbons (Fsp3) is 0.500. The van der Waals surface area contributed by atoms with E-state index in [9.17, 15) is 13.2 Å². The zero-order chi connectivity index (χ0) is 12.4. The Morgan fingerprint density at radius 1 is 1.41 bits per heavy atom. The maximum atomic E-state index is 13.6. The van der Waals surface area contributed by atoms with Gasteiger partial charge < -0.3 is 10.1 Å². The number of methoxy groups -OCH3 is 1. The van der Waals surface area contributed by atoms with E-state index in [1.807, 2.05) is 0 Å². The molecule has 1 aliphatic heterocycles. The van der Waals surface area contributed by atoms with Gasteiger partial charge >= 0.3 is 0 Å². The number of rotatable bonds is 3. The molecule has 1 heterocycles. The Morgan fingerprint density at radius 2 is 2.18 bits per heavy atom. The predicted octanol–water partition coefficient (Wildman–Crippen LogP) is 2.85. The van der Waals surface area contributed by atoms with Gasteiger partial charge in [-0.3, -0.25) is 0 Å². The smallest absolute Gasteiger partial charge is 0.263 e. The van der Waals surface area contributed by atoms with Crippen LogP contribution >= 0.6 is 0 Å². The highest BCUT2D eigenvalue weighted by Crippen LogP contribution is 2.36. The van der Waals surface area contributed by atoms with Gasteiger partial charge in [-0.2, -0.15) is 0 Å². The van der Waals surface area contributed by atoms with E-state index in [-0.39, 0.29) is 17.2 Å². The minimum Gasteiger partial charge on any atom is -0.493 e. The summed E-state index contributed by atoms with van der Waals surface area (Å²) in [5, 5.41) is 3.12. The SMILES string of the molecule is COc1c(F)cc(C(F)F)cc1C1CCNC1. The second-order valence-corrected chi connectivity index (χ2v) is 4.12. The molecule has 0 bridgehead atoms. The summed E-state index contributed by atoms with van der Waals surface area (Å²) >= 11 is 0. The third-order valence-electron chi connectivity index (χ3n) is 3.05. The van der Waals surface area contributed by atoms with E-state index < -0.39 is 12.2 Å². The van der Waals surface area contributed by atoms with Crippen LogP contribution in [0.5, 0.6) is 5.75 Å². The Kier molecular flexibility index (Phi) is 3.57. The Hall–Kier alpha value is -1.23. The van der Waals surface area contributed by atoms with Crippen LogP contribution in [0.15, 0.2) is 12.1 Å². The number of benzene rings is 1. The summed E-state index contributed by atoms with van der Waals surface area (Å²) in [5.41, 5.74) is 0.248. The van der Waals surface area contributed by atoms with Crippen molar-refractivity contribution in [3.05, 3.63) is 29.1 Å². The summed E-state index contributed by atoms with van der Waals surface area (Å²) in [6, 6.07) is 2.19. The average Bonchev–Trinajstić information content (AvgIpc) is 2.81. The minimum absolute atomic E-state index is 0.0400. The molecule has 0 aromatic heterocycles.